The molecule has 2 aromatic carbocycles. The quantitative estimate of drug-likeness (QED) is 0.475. The van der Waals surface area contributed by atoms with E-state index in [-0.39, 0.29) is 12.2 Å². The minimum Gasteiger partial charge on any atom is -0.373 e. The van der Waals surface area contributed by atoms with Crippen molar-refractivity contribution in [2.24, 2.45) is 0 Å². The van der Waals surface area contributed by atoms with Crippen LogP contribution >= 0.6 is 0 Å². The van der Waals surface area contributed by atoms with Gasteiger partial charge in [-0.05, 0) is 18.1 Å². The molecule has 0 atom stereocenters. The Kier molecular flexibility index (Phi) is 4.66. The predicted octanol–water partition coefficient (Wildman–Crippen LogP) is 3.55. The average Bonchev–Trinajstić information content (AvgIpc) is 3.04. The number of para-hydroxylation sites is 1. The SMILES string of the molecule is O=[N+]([O-])c1cc([N+](=O)[O-])c(NCCc2c[nH]c3ccccc23)c([N+](=O)[O-])c1. The van der Waals surface area contributed by atoms with Crippen LogP contribution in [-0.4, -0.2) is 26.3 Å². The van der Waals surface area contributed by atoms with E-state index < -0.39 is 31.8 Å². The highest BCUT2D eigenvalue weighted by Crippen LogP contribution is 2.38. The molecule has 11 nitrogen and oxygen atoms in total. The highest BCUT2D eigenvalue weighted by Gasteiger charge is 2.30. The zero-order chi connectivity index (χ0) is 19.6. The van der Waals surface area contributed by atoms with Gasteiger partial charge in [0.25, 0.3) is 5.69 Å². The highest BCUT2D eigenvalue weighted by atomic mass is 16.6. The maximum atomic E-state index is 11.3. The number of non-ortho nitro benzene ring substituents is 1. The molecule has 0 bridgehead atoms. The molecule has 1 heterocycles. The largest absolute Gasteiger partial charge is 0.373 e. The van der Waals surface area contributed by atoms with Crippen molar-refractivity contribution in [2.75, 3.05) is 11.9 Å². The van der Waals surface area contributed by atoms with E-state index in [2.05, 4.69) is 10.3 Å². The fraction of sp³-hybridized carbons (Fsp3) is 0.125. The van der Waals surface area contributed by atoms with E-state index in [1.54, 1.807) is 6.20 Å². The number of benzene rings is 2. The number of nitrogens with zero attached hydrogens (tertiary/aromatic N) is 3. The lowest BCUT2D eigenvalue weighted by molar-refractivity contribution is -0.401. The van der Waals surface area contributed by atoms with Gasteiger partial charge in [-0.3, -0.25) is 30.3 Å². The average molecular weight is 371 g/mol. The summed E-state index contributed by atoms with van der Waals surface area (Å²) in [5.74, 6) is 0. The van der Waals surface area contributed by atoms with Crippen molar-refractivity contribution < 1.29 is 14.8 Å². The molecule has 0 radical (unpaired) electrons. The molecule has 0 unspecified atom stereocenters. The second-order valence-electron chi connectivity index (χ2n) is 5.67. The first-order valence-corrected chi connectivity index (χ1v) is 7.78. The van der Waals surface area contributed by atoms with Gasteiger partial charge in [-0.25, -0.2) is 0 Å². The summed E-state index contributed by atoms with van der Waals surface area (Å²) < 4.78 is 0. The van der Waals surface area contributed by atoms with E-state index >= 15 is 0 Å². The molecule has 0 amide bonds. The molecule has 0 spiro atoms. The van der Waals surface area contributed by atoms with Gasteiger partial charge in [0.2, 0.25) is 0 Å². The smallest absolute Gasteiger partial charge is 0.306 e. The van der Waals surface area contributed by atoms with E-state index in [0.717, 1.165) is 16.5 Å². The summed E-state index contributed by atoms with van der Waals surface area (Å²) >= 11 is 0. The molecule has 1 aromatic heterocycles. The van der Waals surface area contributed by atoms with Crippen LogP contribution in [0.4, 0.5) is 22.7 Å². The molecule has 138 valence electrons. The maximum absolute atomic E-state index is 11.3. The van der Waals surface area contributed by atoms with Gasteiger partial charge in [-0.1, -0.05) is 18.2 Å². The topological polar surface area (TPSA) is 157 Å². The summed E-state index contributed by atoms with van der Waals surface area (Å²) in [4.78, 5) is 33.8. The molecule has 3 rings (SSSR count). The number of hydrogen-bond acceptors (Lipinski definition) is 7. The number of rotatable bonds is 7. The molecule has 11 heteroatoms. The number of H-pyrrole nitrogens is 1. The van der Waals surface area contributed by atoms with Gasteiger partial charge in [-0.15, -0.1) is 0 Å². The van der Waals surface area contributed by atoms with Crippen molar-refractivity contribution in [2.45, 2.75) is 6.42 Å². The molecular weight excluding hydrogens is 358 g/mol. The van der Waals surface area contributed by atoms with E-state index in [1.165, 1.54) is 0 Å². The highest BCUT2D eigenvalue weighted by molar-refractivity contribution is 5.83. The van der Waals surface area contributed by atoms with E-state index in [1.807, 2.05) is 24.3 Å². The summed E-state index contributed by atoms with van der Waals surface area (Å²) in [6.07, 6.45) is 2.24. The van der Waals surface area contributed by atoms with E-state index in [0.29, 0.717) is 18.6 Å². The normalized spacial score (nSPS) is 10.7. The number of aromatic amines is 1. The van der Waals surface area contributed by atoms with Crippen LogP contribution in [0, 0.1) is 30.3 Å². The van der Waals surface area contributed by atoms with Crippen LogP contribution in [0.1, 0.15) is 5.56 Å². The van der Waals surface area contributed by atoms with E-state index in [9.17, 15) is 30.3 Å². The predicted molar refractivity (Wildman–Crippen MR) is 96.9 cm³/mol. The fourth-order valence-corrected chi connectivity index (χ4v) is 2.83. The minimum atomic E-state index is -0.907. The monoisotopic (exact) mass is 371 g/mol. The van der Waals surface area contributed by atoms with Crippen molar-refractivity contribution in [3.8, 4) is 0 Å². The molecule has 0 aliphatic carbocycles. The number of aromatic nitrogens is 1. The van der Waals surface area contributed by atoms with Crippen molar-refractivity contribution in [3.05, 3.63) is 78.5 Å². The lowest BCUT2D eigenvalue weighted by Gasteiger charge is -2.08. The molecule has 0 saturated heterocycles. The van der Waals surface area contributed by atoms with Gasteiger partial charge in [0, 0.05) is 23.6 Å². The van der Waals surface area contributed by atoms with E-state index in [4.69, 9.17) is 0 Å². The first-order chi connectivity index (χ1) is 12.9. The molecule has 0 saturated carbocycles. The van der Waals surface area contributed by atoms with Crippen LogP contribution in [0.3, 0.4) is 0 Å². The number of hydrogen-bond donors (Lipinski definition) is 2. The minimum absolute atomic E-state index is 0.168. The molecular formula is C16H13N5O6. The Labute approximate surface area is 151 Å². The molecule has 2 N–H and O–H groups in total. The standard InChI is InChI=1S/C16H13N5O6/c22-19(23)11-7-14(20(24)25)16(15(8-11)21(26)27)17-6-5-10-9-18-13-4-2-1-3-12(10)13/h1-4,7-9,17-18H,5-6H2. The molecule has 3 aromatic rings. The molecule has 0 aliphatic rings. The Bertz CT molecular complexity index is 1030. The zero-order valence-corrected chi connectivity index (χ0v) is 13.7. The zero-order valence-electron chi connectivity index (χ0n) is 13.7. The van der Waals surface area contributed by atoms with Gasteiger partial charge in [0.1, 0.15) is 0 Å². The Morgan fingerprint density at radius 2 is 1.56 bits per heavy atom. The van der Waals surface area contributed by atoms with Crippen molar-refractivity contribution >= 4 is 33.7 Å². The van der Waals surface area contributed by atoms with Crippen LogP contribution < -0.4 is 5.32 Å². The van der Waals surface area contributed by atoms with Crippen molar-refractivity contribution in [1.29, 1.82) is 0 Å². The summed E-state index contributed by atoms with van der Waals surface area (Å²) in [5.41, 5.74) is -0.624. The van der Waals surface area contributed by atoms with Crippen molar-refractivity contribution in [3.63, 3.8) is 0 Å². The van der Waals surface area contributed by atoms with Crippen LogP contribution in [-0.2, 0) is 6.42 Å². The number of anilines is 1. The fourth-order valence-electron chi connectivity index (χ4n) is 2.83. The summed E-state index contributed by atoms with van der Waals surface area (Å²) in [5, 5.41) is 37.1. The lowest BCUT2D eigenvalue weighted by Crippen LogP contribution is -2.09. The second-order valence-corrected chi connectivity index (χ2v) is 5.67. The third-order valence-corrected chi connectivity index (χ3v) is 4.06. The van der Waals surface area contributed by atoms with Crippen LogP contribution in [0.25, 0.3) is 10.9 Å². The Morgan fingerprint density at radius 1 is 0.926 bits per heavy atom. The Hall–Kier alpha value is -4.02. The summed E-state index contributed by atoms with van der Waals surface area (Å²) in [7, 11) is 0. The molecule has 27 heavy (non-hydrogen) atoms. The van der Waals surface area contributed by atoms with Gasteiger partial charge < -0.3 is 10.3 Å². The van der Waals surface area contributed by atoms with Gasteiger partial charge >= 0.3 is 11.4 Å². The number of nitro benzene ring substituents is 3. The summed E-state index contributed by atoms with van der Waals surface area (Å²) in [6, 6.07) is 8.99. The third kappa shape index (κ3) is 3.51. The van der Waals surface area contributed by atoms with Crippen LogP contribution in [0.2, 0.25) is 0 Å². The second kappa shape index (κ2) is 7.07. The van der Waals surface area contributed by atoms with Crippen LogP contribution in [0.5, 0.6) is 0 Å². The Morgan fingerprint density at radius 3 is 2.15 bits per heavy atom. The number of fused-ring (bicyclic) bond motifs is 1. The van der Waals surface area contributed by atoms with Gasteiger partial charge in [-0.2, -0.15) is 0 Å². The van der Waals surface area contributed by atoms with Gasteiger partial charge in [0.15, 0.2) is 5.69 Å². The number of nitrogens with one attached hydrogen (secondary N) is 2. The number of nitro groups is 3. The van der Waals surface area contributed by atoms with Crippen LogP contribution in [0.15, 0.2) is 42.6 Å². The Balaban J connectivity index is 1.90. The molecule has 0 fully saturated rings. The molecule has 0 aliphatic heterocycles. The maximum Gasteiger partial charge on any atom is 0.306 e. The first-order valence-electron chi connectivity index (χ1n) is 7.78. The third-order valence-electron chi connectivity index (χ3n) is 4.06. The van der Waals surface area contributed by atoms with Gasteiger partial charge in [0.05, 0.1) is 26.9 Å². The lowest BCUT2D eigenvalue weighted by atomic mass is 10.1. The summed E-state index contributed by atoms with van der Waals surface area (Å²) in [6.45, 7) is 0.168. The first kappa shape index (κ1) is 17.8. The van der Waals surface area contributed by atoms with Crippen molar-refractivity contribution in [1.82, 2.24) is 4.98 Å².